The highest BCUT2D eigenvalue weighted by atomic mass is 35.5. The lowest BCUT2D eigenvalue weighted by molar-refractivity contribution is -0.384. The lowest BCUT2D eigenvalue weighted by Crippen LogP contribution is -2.35. The first-order valence-electron chi connectivity index (χ1n) is 9.03. The predicted molar refractivity (Wildman–Crippen MR) is 117 cm³/mol. The third kappa shape index (κ3) is 3.91. The van der Waals surface area contributed by atoms with Crippen molar-refractivity contribution < 1.29 is 23.7 Å². The second-order valence-corrected chi connectivity index (χ2v) is 7.39. The predicted octanol–water partition coefficient (Wildman–Crippen LogP) is 4.63. The van der Waals surface area contributed by atoms with Crippen LogP contribution >= 0.6 is 23.2 Å². The highest BCUT2D eigenvalue weighted by Gasteiger charge is 2.35. The van der Waals surface area contributed by atoms with Gasteiger partial charge < -0.3 is 9.15 Å². The zero-order valence-electron chi connectivity index (χ0n) is 16.3. The number of halogens is 2. The van der Waals surface area contributed by atoms with Crippen molar-refractivity contribution in [3.63, 3.8) is 0 Å². The largest absolute Gasteiger partial charge is 0.497 e. The Balaban J connectivity index is 1.65. The second-order valence-electron chi connectivity index (χ2n) is 6.58. The molecule has 4 rings (SSSR count). The van der Waals surface area contributed by atoms with E-state index in [1.165, 1.54) is 55.7 Å². The minimum absolute atomic E-state index is 0.166. The first-order valence-corrected chi connectivity index (χ1v) is 9.79. The van der Waals surface area contributed by atoms with Crippen LogP contribution < -0.4 is 15.2 Å². The molecule has 3 aromatic rings. The van der Waals surface area contributed by atoms with E-state index in [0.29, 0.717) is 16.5 Å². The topological polar surface area (TPSA) is 115 Å². The van der Waals surface area contributed by atoms with E-state index < -0.39 is 16.7 Å². The zero-order chi connectivity index (χ0) is 23.0. The summed E-state index contributed by atoms with van der Waals surface area (Å²) in [6.07, 6.45) is 1.26. The van der Waals surface area contributed by atoms with Crippen molar-refractivity contribution in [3.8, 4) is 17.1 Å². The van der Waals surface area contributed by atoms with E-state index in [9.17, 15) is 19.7 Å². The number of nitrogens with zero attached hydrogens (tertiary/aromatic N) is 2. The number of amides is 2. The Hall–Kier alpha value is -3.82. The maximum absolute atomic E-state index is 12.8. The SMILES string of the molecule is COc1ccc(-c2ccc(/C=C3/C(=O)NN(c4ccc(Cl)c(Cl)c4)C3=O)o2)c([N+](=O)[O-])c1. The molecular formula is C21H13Cl2N3O6. The van der Waals surface area contributed by atoms with Crippen LogP contribution in [0.15, 0.2) is 58.5 Å². The van der Waals surface area contributed by atoms with Gasteiger partial charge in [0.05, 0.1) is 39.4 Å². The molecule has 0 bridgehead atoms. The number of nitrogens with one attached hydrogen (secondary N) is 1. The molecule has 0 unspecified atom stereocenters. The number of hydrazine groups is 1. The number of benzene rings is 2. The molecule has 162 valence electrons. The quantitative estimate of drug-likeness (QED) is 0.250. The van der Waals surface area contributed by atoms with E-state index in [4.69, 9.17) is 32.4 Å². The van der Waals surface area contributed by atoms with Gasteiger partial charge in [0, 0.05) is 0 Å². The van der Waals surface area contributed by atoms with Crippen molar-refractivity contribution in [2.75, 3.05) is 12.1 Å². The van der Waals surface area contributed by atoms with Gasteiger partial charge >= 0.3 is 0 Å². The molecular weight excluding hydrogens is 461 g/mol. The van der Waals surface area contributed by atoms with Crippen LogP contribution in [0.5, 0.6) is 5.75 Å². The van der Waals surface area contributed by atoms with Gasteiger partial charge in [-0.25, -0.2) is 5.01 Å². The van der Waals surface area contributed by atoms with E-state index in [-0.39, 0.29) is 33.4 Å². The van der Waals surface area contributed by atoms with Gasteiger partial charge in [-0.15, -0.1) is 0 Å². The van der Waals surface area contributed by atoms with Crippen LogP contribution in [-0.4, -0.2) is 23.8 Å². The molecule has 1 aliphatic rings. The number of nitro benzene ring substituents is 1. The van der Waals surface area contributed by atoms with E-state index in [0.717, 1.165) is 5.01 Å². The fraction of sp³-hybridized carbons (Fsp3) is 0.0476. The maximum atomic E-state index is 12.8. The molecule has 0 atom stereocenters. The number of anilines is 1. The first kappa shape index (κ1) is 21.4. The summed E-state index contributed by atoms with van der Waals surface area (Å²) in [6.45, 7) is 0. The molecule has 2 aromatic carbocycles. The molecule has 1 aromatic heterocycles. The summed E-state index contributed by atoms with van der Waals surface area (Å²) < 4.78 is 10.7. The van der Waals surface area contributed by atoms with Crippen LogP contribution in [0.3, 0.4) is 0 Å². The van der Waals surface area contributed by atoms with Crippen LogP contribution in [0.4, 0.5) is 11.4 Å². The van der Waals surface area contributed by atoms with Gasteiger partial charge in [0.1, 0.15) is 22.8 Å². The third-order valence-corrected chi connectivity index (χ3v) is 5.37. The van der Waals surface area contributed by atoms with Crippen LogP contribution in [0.1, 0.15) is 5.76 Å². The highest BCUT2D eigenvalue weighted by molar-refractivity contribution is 6.42. The molecule has 2 amide bonds. The molecule has 1 aliphatic heterocycles. The van der Waals surface area contributed by atoms with E-state index in [1.807, 2.05) is 0 Å². The Bertz CT molecular complexity index is 1300. The number of carbonyl (C=O) groups excluding carboxylic acids is 2. The summed E-state index contributed by atoms with van der Waals surface area (Å²) in [7, 11) is 1.40. The Morgan fingerprint density at radius 1 is 1.09 bits per heavy atom. The Morgan fingerprint density at radius 2 is 1.88 bits per heavy atom. The summed E-state index contributed by atoms with van der Waals surface area (Å²) in [4.78, 5) is 36.0. The molecule has 11 heteroatoms. The molecule has 1 fully saturated rings. The number of nitro groups is 1. The van der Waals surface area contributed by atoms with Crippen molar-refractivity contribution in [1.82, 2.24) is 5.43 Å². The van der Waals surface area contributed by atoms with Crippen molar-refractivity contribution in [2.24, 2.45) is 0 Å². The minimum atomic E-state index is -0.644. The monoisotopic (exact) mass is 473 g/mol. The van der Waals surface area contributed by atoms with Crippen molar-refractivity contribution >= 4 is 52.5 Å². The number of carbonyl (C=O) groups is 2. The molecule has 0 spiro atoms. The molecule has 2 heterocycles. The average molecular weight is 474 g/mol. The number of rotatable bonds is 5. The molecule has 0 aliphatic carbocycles. The Morgan fingerprint density at radius 3 is 2.56 bits per heavy atom. The summed E-state index contributed by atoms with van der Waals surface area (Å²) in [5.41, 5.74) is 2.60. The summed E-state index contributed by atoms with van der Waals surface area (Å²) in [6, 6.07) is 11.8. The number of hydrogen-bond acceptors (Lipinski definition) is 6. The van der Waals surface area contributed by atoms with Gasteiger partial charge in [0.2, 0.25) is 0 Å². The van der Waals surface area contributed by atoms with Gasteiger partial charge in [-0.1, -0.05) is 23.2 Å². The summed E-state index contributed by atoms with van der Waals surface area (Å²) >= 11 is 11.9. The van der Waals surface area contributed by atoms with Crippen molar-refractivity contribution in [1.29, 1.82) is 0 Å². The standard InChI is InChI=1S/C21H13Cl2N3O6/c1-31-12-3-5-14(18(10-12)26(29)30)19-7-4-13(32-19)9-15-20(27)24-25(21(15)28)11-2-6-16(22)17(23)8-11/h2-10H,1H3,(H,24,27)/b15-9-. The summed E-state index contributed by atoms with van der Waals surface area (Å²) in [5, 5.41) is 13.0. The van der Waals surface area contributed by atoms with Crippen molar-refractivity contribution in [3.05, 3.63) is 80.0 Å². The van der Waals surface area contributed by atoms with Gasteiger partial charge in [0.15, 0.2) is 0 Å². The Labute approximate surface area is 190 Å². The first-order chi connectivity index (χ1) is 15.3. The van der Waals surface area contributed by atoms with Crippen LogP contribution in [0.25, 0.3) is 17.4 Å². The molecule has 32 heavy (non-hydrogen) atoms. The molecule has 0 radical (unpaired) electrons. The third-order valence-electron chi connectivity index (χ3n) is 4.63. The second kappa shape index (κ2) is 8.37. The summed E-state index contributed by atoms with van der Waals surface area (Å²) in [5.74, 6) is -0.584. The van der Waals surface area contributed by atoms with Gasteiger partial charge in [-0.05, 0) is 48.5 Å². The average Bonchev–Trinajstić information content (AvgIpc) is 3.35. The lowest BCUT2D eigenvalue weighted by Gasteiger charge is -2.15. The molecule has 1 saturated heterocycles. The van der Waals surface area contributed by atoms with Crippen LogP contribution in [0, 0.1) is 10.1 Å². The number of ether oxygens (including phenoxy) is 1. The zero-order valence-corrected chi connectivity index (χ0v) is 17.8. The van der Waals surface area contributed by atoms with Gasteiger partial charge in [-0.2, -0.15) is 0 Å². The fourth-order valence-electron chi connectivity index (χ4n) is 3.08. The van der Waals surface area contributed by atoms with Crippen LogP contribution in [-0.2, 0) is 9.59 Å². The van der Waals surface area contributed by atoms with E-state index in [2.05, 4.69) is 5.43 Å². The van der Waals surface area contributed by atoms with Crippen LogP contribution in [0.2, 0.25) is 10.0 Å². The smallest absolute Gasteiger partial charge is 0.284 e. The lowest BCUT2D eigenvalue weighted by atomic mass is 10.1. The highest BCUT2D eigenvalue weighted by Crippen LogP contribution is 2.35. The van der Waals surface area contributed by atoms with Gasteiger partial charge in [-0.3, -0.25) is 25.1 Å². The normalized spacial score (nSPS) is 14.7. The fourth-order valence-corrected chi connectivity index (χ4v) is 3.37. The molecule has 1 N–H and O–H groups in total. The number of hydrogen-bond donors (Lipinski definition) is 1. The Kier molecular flexibility index (Phi) is 5.60. The minimum Gasteiger partial charge on any atom is -0.497 e. The van der Waals surface area contributed by atoms with Crippen molar-refractivity contribution in [2.45, 2.75) is 0 Å². The molecule has 0 saturated carbocycles. The molecule has 9 nitrogen and oxygen atoms in total. The van der Waals surface area contributed by atoms with E-state index in [1.54, 1.807) is 6.07 Å². The number of furan rings is 1. The van der Waals surface area contributed by atoms with E-state index >= 15 is 0 Å². The number of methoxy groups -OCH3 is 1. The van der Waals surface area contributed by atoms with Gasteiger partial charge in [0.25, 0.3) is 17.5 Å². The maximum Gasteiger partial charge on any atom is 0.284 e.